The van der Waals surface area contributed by atoms with Gasteiger partial charge in [-0.15, -0.1) is 0 Å². The molecule has 0 radical (unpaired) electrons. The van der Waals surface area contributed by atoms with Gasteiger partial charge in [0.15, 0.2) is 0 Å². The van der Waals surface area contributed by atoms with E-state index in [4.69, 9.17) is 3.07 Å². The van der Waals surface area contributed by atoms with Crippen molar-refractivity contribution in [3.05, 3.63) is 29.8 Å². The van der Waals surface area contributed by atoms with Gasteiger partial charge in [0.05, 0.1) is 6.10 Å². The third-order valence-corrected chi connectivity index (χ3v) is 4.19. The third-order valence-electron chi connectivity index (χ3n) is 3.47. The Morgan fingerprint density at radius 2 is 2.00 bits per heavy atom. The van der Waals surface area contributed by atoms with Crippen molar-refractivity contribution in [2.45, 2.75) is 38.7 Å². The molecule has 17 heavy (non-hydrogen) atoms. The van der Waals surface area contributed by atoms with Crippen molar-refractivity contribution >= 4 is 28.7 Å². The number of hydrogen-bond acceptors (Lipinski definition) is 2. The molecule has 94 valence electrons. The van der Waals surface area contributed by atoms with Crippen LogP contribution in [0.5, 0.6) is 0 Å². The Morgan fingerprint density at radius 3 is 2.59 bits per heavy atom. The number of nitrogens with zero attached hydrogens (tertiary/aromatic N) is 1. The summed E-state index contributed by atoms with van der Waals surface area (Å²) in [7, 11) is 0. The molecule has 1 aromatic rings. The summed E-state index contributed by atoms with van der Waals surface area (Å²) in [5.41, 5.74) is 2.79. The zero-order valence-corrected chi connectivity index (χ0v) is 12.7. The molecule has 0 amide bonds. The fourth-order valence-corrected chi connectivity index (χ4v) is 2.79. The molecular formula is C14H20INO. The van der Waals surface area contributed by atoms with Crippen LogP contribution < -0.4 is 4.90 Å². The maximum atomic E-state index is 5.38. The summed E-state index contributed by atoms with van der Waals surface area (Å²) in [6.45, 7) is 6.70. The van der Waals surface area contributed by atoms with Crippen molar-refractivity contribution < 1.29 is 3.07 Å². The summed E-state index contributed by atoms with van der Waals surface area (Å²) in [4.78, 5) is 2.47. The number of anilines is 1. The quantitative estimate of drug-likeness (QED) is 0.764. The molecule has 0 N–H and O–H groups in total. The fourth-order valence-electron chi connectivity index (χ4n) is 2.28. The Morgan fingerprint density at radius 1 is 1.29 bits per heavy atom. The van der Waals surface area contributed by atoms with E-state index in [0.29, 0.717) is 12.0 Å². The van der Waals surface area contributed by atoms with Crippen LogP contribution in [0.25, 0.3) is 0 Å². The lowest BCUT2D eigenvalue weighted by molar-refractivity contribution is 0.237. The molecule has 2 rings (SSSR count). The molecule has 0 aliphatic carbocycles. The second kappa shape index (κ2) is 6.05. The van der Waals surface area contributed by atoms with Gasteiger partial charge in [-0.25, -0.2) is 0 Å². The summed E-state index contributed by atoms with van der Waals surface area (Å²) in [6, 6.07) is 8.94. The van der Waals surface area contributed by atoms with E-state index >= 15 is 0 Å². The molecule has 1 heterocycles. The molecule has 3 heteroatoms. The van der Waals surface area contributed by atoms with Crippen molar-refractivity contribution in [3.63, 3.8) is 0 Å². The second-order valence-electron chi connectivity index (χ2n) is 5.03. The maximum Gasteiger partial charge on any atom is 0.110 e. The van der Waals surface area contributed by atoms with Crippen molar-refractivity contribution in [2.24, 2.45) is 0 Å². The van der Waals surface area contributed by atoms with Crippen LogP contribution in [-0.4, -0.2) is 19.2 Å². The Balaban J connectivity index is 2.05. The van der Waals surface area contributed by atoms with Gasteiger partial charge in [0.1, 0.15) is 23.0 Å². The van der Waals surface area contributed by atoms with Gasteiger partial charge in [0.2, 0.25) is 0 Å². The first kappa shape index (κ1) is 13.1. The van der Waals surface area contributed by atoms with Gasteiger partial charge in [-0.05, 0) is 36.5 Å². The van der Waals surface area contributed by atoms with Crippen LogP contribution >= 0.6 is 23.0 Å². The molecule has 1 aromatic carbocycles. The second-order valence-corrected chi connectivity index (χ2v) is 5.53. The van der Waals surface area contributed by atoms with E-state index in [-0.39, 0.29) is 0 Å². The average Bonchev–Trinajstić information content (AvgIpc) is 2.39. The number of rotatable bonds is 3. The highest BCUT2D eigenvalue weighted by atomic mass is 127. The van der Waals surface area contributed by atoms with E-state index < -0.39 is 0 Å². The van der Waals surface area contributed by atoms with Crippen LogP contribution in [0.4, 0.5) is 5.69 Å². The molecule has 0 bridgehead atoms. The highest BCUT2D eigenvalue weighted by Gasteiger charge is 2.19. The first-order valence-corrected chi connectivity index (χ1v) is 7.21. The predicted molar refractivity (Wildman–Crippen MR) is 80.9 cm³/mol. The van der Waals surface area contributed by atoms with Crippen molar-refractivity contribution in [1.29, 1.82) is 0 Å². The Kier molecular flexibility index (Phi) is 4.68. The summed E-state index contributed by atoms with van der Waals surface area (Å²) < 4.78 is 5.38. The van der Waals surface area contributed by atoms with Crippen LogP contribution in [0.2, 0.25) is 0 Å². The van der Waals surface area contributed by atoms with Gasteiger partial charge in [-0.2, -0.15) is 0 Å². The zero-order valence-electron chi connectivity index (χ0n) is 10.5. The highest BCUT2D eigenvalue weighted by molar-refractivity contribution is 14.1. The normalized spacial score (nSPS) is 17.8. The Labute approximate surface area is 118 Å². The van der Waals surface area contributed by atoms with Crippen LogP contribution in [0.1, 0.15) is 38.2 Å². The summed E-state index contributed by atoms with van der Waals surface area (Å²) in [5, 5.41) is 0. The molecule has 0 unspecified atom stereocenters. The van der Waals surface area contributed by atoms with Crippen LogP contribution in [0, 0.1) is 0 Å². The van der Waals surface area contributed by atoms with Gasteiger partial charge >= 0.3 is 0 Å². The topological polar surface area (TPSA) is 12.5 Å². The molecule has 1 saturated heterocycles. The fraction of sp³-hybridized carbons (Fsp3) is 0.571. The van der Waals surface area contributed by atoms with Crippen molar-refractivity contribution in [3.8, 4) is 0 Å². The Hall–Kier alpha value is -0.290. The van der Waals surface area contributed by atoms with E-state index in [1.54, 1.807) is 0 Å². The van der Waals surface area contributed by atoms with Crippen LogP contribution in [0.3, 0.4) is 0 Å². The number of benzene rings is 1. The monoisotopic (exact) mass is 345 g/mol. The van der Waals surface area contributed by atoms with Gasteiger partial charge in [-0.3, -0.25) is 0 Å². The summed E-state index contributed by atoms with van der Waals surface area (Å²) in [5.74, 6) is 0.602. The highest BCUT2D eigenvalue weighted by Crippen LogP contribution is 2.25. The first-order valence-electron chi connectivity index (χ1n) is 6.33. The maximum absolute atomic E-state index is 5.38. The van der Waals surface area contributed by atoms with E-state index in [1.165, 1.54) is 11.3 Å². The minimum absolute atomic E-state index is 0.445. The predicted octanol–water partition coefficient (Wildman–Crippen LogP) is 4.15. The molecule has 1 aliphatic heterocycles. The summed E-state index contributed by atoms with van der Waals surface area (Å²) in [6.07, 6.45) is 2.71. The van der Waals surface area contributed by atoms with Crippen LogP contribution in [0.15, 0.2) is 24.3 Å². The largest absolute Gasteiger partial charge is 0.371 e. The lowest BCUT2D eigenvalue weighted by Crippen LogP contribution is -2.36. The molecular weight excluding hydrogens is 325 g/mol. The van der Waals surface area contributed by atoms with Gasteiger partial charge in [-0.1, -0.05) is 26.0 Å². The minimum atomic E-state index is 0.445. The van der Waals surface area contributed by atoms with Gasteiger partial charge in [0, 0.05) is 18.8 Å². The summed E-state index contributed by atoms with van der Waals surface area (Å²) >= 11 is 2.02. The molecule has 0 saturated carbocycles. The molecule has 0 spiro atoms. The average molecular weight is 345 g/mol. The SMILES string of the molecule is CC(C)c1cccc(N2CCC(OI)CC2)c1. The molecule has 1 fully saturated rings. The molecule has 0 atom stereocenters. The first-order chi connectivity index (χ1) is 8.20. The number of halogens is 1. The Bertz CT molecular complexity index is 359. The third kappa shape index (κ3) is 3.35. The van der Waals surface area contributed by atoms with E-state index in [2.05, 4.69) is 43.0 Å². The van der Waals surface area contributed by atoms with Crippen molar-refractivity contribution in [1.82, 2.24) is 0 Å². The van der Waals surface area contributed by atoms with E-state index in [9.17, 15) is 0 Å². The lowest BCUT2D eigenvalue weighted by Gasteiger charge is -2.32. The molecule has 2 nitrogen and oxygen atoms in total. The van der Waals surface area contributed by atoms with E-state index in [0.717, 1.165) is 25.9 Å². The zero-order chi connectivity index (χ0) is 12.3. The lowest BCUT2D eigenvalue weighted by atomic mass is 10.0. The minimum Gasteiger partial charge on any atom is -0.371 e. The van der Waals surface area contributed by atoms with Crippen LogP contribution in [-0.2, 0) is 3.07 Å². The van der Waals surface area contributed by atoms with Gasteiger partial charge in [0.25, 0.3) is 0 Å². The van der Waals surface area contributed by atoms with Crippen molar-refractivity contribution in [2.75, 3.05) is 18.0 Å². The number of hydrogen-bond donors (Lipinski definition) is 0. The molecule has 1 aliphatic rings. The van der Waals surface area contributed by atoms with E-state index in [1.807, 2.05) is 23.0 Å². The standard InChI is InChI=1S/C14H20INO/c1-11(2)12-4-3-5-13(10-12)16-8-6-14(17-15)7-9-16/h3-5,10-11,14H,6-9H2,1-2H3. The smallest absolute Gasteiger partial charge is 0.110 e. The molecule has 0 aromatic heterocycles. The van der Waals surface area contributed by atoms with Gasteiger partial charge < -0.3 is 7.97 Å². The number of piperidine rings is 1.